The van der Waals surface area contributed by atoms with Gasteiger partial charge in [0.25, 0.3) is 0 Å². The summed E-state index contributed by atoms with van der Waals surface area (Å²) in [6.45, 7) is 8.69. The van der Waals surface area contributed by atoms with Gasteiger partial charge < -0.3 is 15.5 Å². The molecule has 7 nitrogen and oxygen atoms in total. The Morgan fingerprint density at radius 3 is 2.46 bits per heavy atom. The van der Waals surface area contributed by atoms with Gasteiger partial charge in [0.1, 0.15) is 0 Å². The SMILES string of the molecule is CC(=O)Nc1ccc(-c2cccc3cnc(Nc4ccc(N5CCN(CCCl)CC5)c(C)c4)nc23)cc1. The second-order valence-corrected chi connectivity index (χ2v) is 9.72. The lowest BCUT2D eigenvalue weighted by molar-refractivity contribution is -0.114. The molecular formula is C29H31ClN6O. The van der Waals surface area contributed by atoms with Crippen molar-refractivity contribution in [2.24, 2.45) is 0 Å². The molecule has 0 bridgehead atoms. The first-order valence-corrected chi connectivity index (χ1v) is 13.1. The second-order valence-electron chi connectivity index (χ2n) is 9.34. The minimum absolute atomic E-state index is 0.0885. The average Bonchev–Trinajstić information content (AvgIpc) is 2.89. The Morgan fingerprint density at radius 1 is 1.00 bits per heavy atom. The molecule has 1 saturated heterocycles. The molecule has 4 aromatic rings. The van der Waals surface area contributed by atoms with Crippen LogP contribution >= 0.6 is 11.6 Å². The van der Waals surface area contributed by atoms with E-state index in [0.717, 1.165) is 66.1 Å². The number of aryl methyl sites for hydroxylation is 1. The lowest BCUT2D eigenvalue weighted by Crippen LogP contribution is -2.47. The van der Waals surface area contributed by atoms with Crippen LogP contribution in [0, 0.1) is 6.92 Å². The maximum absolute atomic E-state index is 11.3. The van der Waals surface area contributed by atoms with Gasteiger partial charge in [-0.25, -0.2) is 9.97 Å². The molecule has 8 heteroatoms. The summed E-state index contributed by atoms with van der Waals surface area (Å²) in [4.78, 5) is 25.6. The number of aromatic nitrogens is 2. The van der Waals surface area contributed by atoms with Gasteiger partial charge >= 0.3 is 0 Å². The van der Waals surface area contributed by atoms with Gasteiger partial charge in [0.15, 0.2) is 0 Å². The van der Waals surface area contributed by atoms with Crippen LogP contribution in [0.15, 0.2) is 66.9 Å². The van der Waals surface area contributed by atoms with Gasteiger partial charge in [0.2, 0.25) is 11.9 Å². The third-order valence-electron chi connectivity index (χ3n) is 6.69. The van der Waals surface area contributed by atoms with E-state index in [1.165, 1.54) is 18.2 Å². The molecule has 0 radical (unpaired) electrons. The number of para-hydroxylation sites is 1. The highest BCUT2D eigenvalue weighted by Crippen LogP contribution is 2.30. The molecule has 1 amide bonds. The third kappa shape index (κ3) is 5.84. The van der Waals surface area contributed by atoms with Gasteiger partial charge in [-0.3, -0.25) is 9.69 Å². The quantitative estimate of drug-likeness (QED) is 0.310. The van der Waals surface area contributed by atoms with E-state index in [2.05, 4.69) is 56.6 Å². The maximum Gasteiger partial charge on any atom is 0.227 e. The van der Waals surface area contributed by atoms with Crippen molar-refractivity contribution in [2.75, 3.05) is 54.1 Å². The van der Waals surface area contributed by atoms with Gasteiger partial charge in [-0.2, -0.15) is 0 Å². The standard InChI is InChI=1S/C29H31ClN6O/c1-20-18-25(10-11-27(20)36-16-14-35(13-12-30)15-17-36)33-29-31-19-23-4-3-5-26(28(23)34-29)22-6-8-24(9-7-22)32-21(2)37/h3-11,18-19H,12-17H2,1-2H3,(H,32,37)(H,31,33,34). The van der Waals surface area contributed by atoms with E-state index in [4.69, 9.17) is 16.6 Å². The predicted molar refractivity (Wildman–Crippen MR) is 153 cm³/mol. The number of alkyl halides is 1. The fourth-order valence-electron chi connectivity index (χ4n) is 4.83. The first kappa shape index (κ1) is 25.0. The summed E-state index contributed by atoms with van der Waals surface area (Å²) < 4.78 is 0. The van der Waals surface area contributed by atoms with Crippen molar-refractivity contribution >= 4 is 51.4 Å². The van der Waals surface area contributed by atoms with Gasteiger partial charge in [0.05, 0.1) is 5.52 Å². The highest BCUT2D eigenvalue weighted by atomic mass is 35.5. The first-order chi connectivity index (χ1) is 18.0. The normalized spacial score (nSPS) is 14.1. The lowest BCUT2D eigenvalue weighted by atomic mass is 10.0. The summed E-state index contributed by atoms with van der Waals surface area (Å²) in [5.41, 5.74) is 7.11. The summed E-state index contributed by atoms with van der Waals surface area (Å²) in [6, 6.07) is 20.3. The third-order valence-corrected chi connectivity index (χ3v) is 6.86. The van der Waals surface area contributed by atoms with Gasteiger partial charge in [0, 0.05) is 79.7 Å². The fraction of sp³-hybridized carbons (Fsp3) is 0.276. The van der Waals surface area contributed by atoms with Crippen molar-refractivity contribution in [1.29, 1.82) is 0 Å². The molecule has 1 aliphatic rings. The molecule has 37 heavy (non-hydrogen) atoms. The van der Waals surface area contributed by atoms with Gasteiger partial charge in [-0.05, 0) is 48.4 Å². The number of nitrogens with one attached hydrogen (secondary N) is 2. The summed E-state index contributed by atoms with van der Waals surface area (Å²) in [5, 5.41) is 7.16. The molecule has 1 aromatic heterocycles. The fourth-order valence-corrected chi connectivity index (χ4v) is 5.07. The predicted octanol–water partition coefficient (Wildman–Crippen LogP) is 5.67. The molecule has 0 aliphatic carbocycles. The average molecular weight is 515 g/mol. The van der Waals surface area contributed by atoms with E-state index >= 15 is 0 Å². The molecular weight excluding hydrogens is 484 g/mol. The van der Waals surface area contributed by atoms with Crippen LogP contribution in [0.3, 0.4) is 0 Å². The Hall–Kier alpha value is -3.68. The van der Waals surface area contributed by atoms with Crippen LogP contribution < -0.4 is 15.5 Å². The van der Waals surface area contributed by atoms with E-state index in [9.17, 15) is 4.79 Å². The highest BCUT2D eigenvalue weighted by molar-refractivity contribution is 6.18. The van der Waals surface area contributed by atoms with Gasteiger partial charge in [-0.1, -0.05) is 30.3 Å². The molecule has 0 saturated carbocycles. The van der Waals surface area contributed by atoms with E-state index in [1.54, 1.807) is 0 Å². The van der Waals surface area contributed by atoms with Crippen molar-refractivity contribution in [1.82, 2.24) is 14.9 Å². The van der Waals surface area contributed by atoms with Crippen molar-refractivity contribution in [3.8, 4) is 11.1 Å². The number of hydrogen-bond acceptors (Lipinski definition) is 6. The number of anilines is 4. The lowest BCUT2D eigenvalue weighted by Gasteiger charge is -2.36. The molecule has 1 aliphatic heterocycles. The van der Waals surface area contributed by atoms with Crippen LogP contribution in [0.25, 0.3) is 22.0 Å². The van der Waals surface area contributed by atoms with Crippen molar-refractivity contribution in [3.05, 3.63) is 72.4 Å². The Balaban J connectivity index is 1.35. The number of fused-ring (bicyclic) bond motifs is 1. The second kappa shape index (κ2) is 11.2. The van der Waals surface area contributed by atoms with Crippen molar-refractivity contribution in [3.63, 3.8) is 0 Å². The van der Waals surface area contributed by atoms with Crippen LogP contribution in [0.2, 0.25) is 0 Å². The van der Waals surface area contributed by atoms with Crippen LogP contribution in [-0.4, -0.2) is 59.4 Å². The number of carbonyl (C=O) groups is 1. The summed E-state index contributed by atoms with van der Waals surface area (Å²) in [5.74, 6) is 1.15. The minimum Gasteiger partial charge on any atom is -0.369 e. The number of piperazine rings is 1. The number of rotatable bonds is 7. The number of carbonyl (C=O) groups excluding carboxylic acids is 1. The monoisotopic (exact) mass is 514 g/mol. The first-order valence-electron chi connectivity index (χ1n) is 12.5. The number of benzene rings is 3. The highest BCUT2D eigenvalue weighted by Gasteiger charge is 2.18. The molecule has 0 spiro atoms. The largest absolute Gasteiger partial charge is 0.369 e. The van der Waals surface area contributed by atoms with E-state index in [-0.39, 0.29) is 5.91 Å². The van der Waals surface area contributed by atoms with Gasteiger partial charge in [-0.15, -0.1) is 11.6 Å². The van der Waals surface area contributed by atoms with E-state index in [0.29, 0.717) is 11.8 Å². The Bertz CT molecular complexity index is 1400. The van der Waals surface area contributed by atoms with E-state index < -0.39 is 0 Å². The summed E-state index contributed by atoms with van der Waals surface area (Å²) >= 11 is 5.90. The van der Waals surface area contributed by atoms with Crippen LogP contribution in [0.5, 0.6) is 0 Å². The molecule has 1 fully saturated rings. The maximum atomic E-state index is 11.3. The Morgan fingerprint density at radius 2 is 1.76 bits per heavy atom. The number of halogens is 1. The Labute approximate surface area is 222 Å². The zero-order chi connectivity index (χ0) is 25.8. The molecule has 0 atom stereocenters. The summed E-state index contributed by atoms with van der Waals surface area (Å²) in [6.07, 6.45) is 1.85. The van der Waals surface area contributed by atoms with E-state index in [1.807, 2.05) is 42.6 Å². The molecule has 5 rings (SSSR count). The number of hydrogen-bond donors (Lipinski definition) is 2. The molecule has 2 N–H and O–H groups in total. The van der Waals surface area contributed by atoms with Crippen LogP contribution in [0.4, 0.5) is 23.0 Å². The topological polar surface area (TPSA) is 73.4 Å². The van der Waals surface area contributed by atoms with Crippen molar-refractivity contribution in [2.45, 2.75) is 13.8 Å². The smallest absolute Gasteiger partial charge is 0.227 e. The van der Waals surface area contributed by atoms with Crippen molar-refractivity contribution < 1.29 is 4.79 Å². The zero-order valence-electron chi connectivity index (χ0n) is 21.2. The number of amides is 1. The van der Waals surface area contributed by atoms with Crippen LogP contribution in [0.1, 0.15) is 12.5 Å². The zero-order valence-corrected chi connectivity index (χ0v) is 21.9. The molecule has 190 valence electrons. The van der Waals surface area contributed by atoms with Crippen LogP contribution in [-0.2, 0) is 4.79 Å². The number of nitrogens with zero attached hydrogens (tertiary/aromatic N) is 4. The molecule has 0 unspecified atom stereocenters. The molecule has 3 aromatic carbocycles. The molecule has 2 heterocycles. The summed E-state index contributed by atoms with van der Waals surface area (Å²) in [7, 11) is 0. The Kier molecular flexibility index (Phi) is 7.53. The minimum atomic E-state index is -0.0885.